The van der Waals surface area contributed by atoms with Crippen LogP contribution < -0.4 is 4.89 Å². The van der Waals surface area contributed by atoms with Gasteiger partial charge in [-0.2, -0.15) is 0 Å². The molecule has 0 fully saturated rings. The van der Waals surface area contributed by atoms with Crippen LogP contribution >= 0.6 is 7.82 Å². The summed E-state index contributed by atoms with van der Waals surface area (Å²) >= 11 is 0. The van der Waals surface area contributed by atoms with Crippen LogP contribution in [0.25, 0.3) is 0 Å². The lowest BCUT2D eigenvalue weighted by molar-refractivity contribution is -0.870. The fraction of sp³-hybridized carbons (Fsp3) is 0.727. The number of rotatable bonds is 37. The predicted octanol–water partition coefficient (Wildman–Crippen LogP) is 11.1. The Morgan fingerprint density at radius 3 is 1.63 bits per heavy atom. The molecule has 0 amide bonds. The van der Waals surface area contributed by atoms with E-state index in [4.69, 9.17) is 18.5 Å². The van der Waals surface area contributed by atoms with Crippen molar-refractivity contribution in [1.82, 2.24) is 0 Å². The van der Waals surface area contributed by atoms with Crippen LogP contribution in [0.15, 0.2) is 60.8 Å². The summed E-state index contributed by atoms with van der Waals surface area (Å²) in [4.78, 5) is 37.4. The molecule has 0 saturated carbocycles. The first kappa shape index (κ1) is 51.7. The summed E-state index contributed by atoms with van der Waals surface area (Å²) in [7, 11) is 1.12. The van der Waals surface area contributed by atoms with Crippen molar-refractivity contribution in [3.05, 3.63) is 60.8 Å². The third-order valence-corrected chi connectivity index (χ3v) is 9.49. The summed E-state index contributed by atoms with van der Waals surface area (Å²) < 4.78 is 33.8. The van der Waals surface area contributed by atoms with Gasteiger partial charge in [0.1, 0.15) is 19.8 Å². The second-order valence-corrected chi connectivity index (χ2v) is 16.4. The lowest BCUT2D eigenvalue weighted by atomic mass is 10.1. The van der Waals surface area contributed by atoms with E-state index in [1.165, 1.54) is 44.9 Å². The van der Waals surface area contributed by atoms with Crippen LogP contribution in [0.4, 0.5) is 0 Å². The minimum absolute atomic E-state index is 0.0427. The molecule has 0 bridgehead atoms. The molecular formula is C44H78NO8P. The van der Waals surface area contributed by atoms with Crippen LogP contribution in [0.5, 0.6) is 0 Å². The fourth-order valence-corrected chi connectivity index (χ4v) is 5.96. The Labute approximate surface area is 330 Å². The first-order valence-electron chi connectivity index (χ1n) is 21.0. The molecule has 0 aromatic rings. The third-order valence-electron chi connectivity index (χ3n) is 8.52. The maximum absolute atomic E-state index is 12.6. The largest absolute Gasteiger partial charge is 0.756 e. The van der Waals surface area contributed by atoms with E-state index < -0.39 is 32.5 Å². The molecule has 0 aromatic heterocycles. The number of esters is 2. The van der Waals surface area contributed by atoms with Crippen LogP contribution in [0.3, 0.4) is 0 Å². The van der Waals surface area contributed by atoms with Gasteiger partial charge in [-0.1, -0.05) is 126 Å². The van der Waals surface area contributed by atoms with Crippen LogP contribution in [0.2, 0.25) is 0 Å². The topological polar surface area (TPSA) is 111 Å². The predicted molar refractivity (Wildman–Crippen MR) is 222 cm³/mol. The smallest absolute Gasteiger partial charge is 0.306 e. The highest BCUT2D eigenvalue weighted by molar-refractivity contribution is 7.45. The highest BCUT2D eigenvalue weighted by Gasteiger charge is 2.21. The number of carbonyl (C=O) groups is 2. The van der Waals surface area contributed by atoms with Gasteiger partial charge < -0.3 is 27.9 Å². The van der Waals surface area contributed by atoms with E-state index in [1.54, 1.807) is 0 Å². The lowest BCUT2D eigenvalue weighted by Crippen LogP contribution is -2.37. The second kappa shape index (κ2) is 36.4. The van der Waals surface area contributed by atoms with Crippen LogP contribution in [-0.2, 0) is 32.7 Å². The lowest BCUT2D eigenvalue weighted by Gasteiger charge is -2.28. The fourth-order valence-electron chi connectivity index (χ4n) is 5.23. The van der Waals surface area contributed by atoms with Crippen molar-refractivity contribution in [3.63, 3.8) is 0 Å². The van der Waals surface area contributed by atoms with Crippen molar-refractivity contribution in [2.24, 2.45) is 0 Å². The molecule has 9 nitrogen and oxygen atoms in total. The molecule has 0 spiro atoms. The molecule has 0 radical (unpaired) electrons. The Balaban J connectivity index is 4.48. The number of hydrogen-bond donors (Lipinski definition) is 0. The van der Waals surface area contributed by atoms with Crippen LogP contribution in [0, 0.1) is 0 Å². The number of unbranched alkanes of at least 4 members (excludes halogenated alkanes) is 13. The van der Waals surface area contributed by atoms with Gasteiger partial charge in [0.2, 0.25) is 0 Å². The van der Waals surface area contributed by atoms with Gasteiger partial charge in [0.15, 0.2) is 6.10 Å². The molecule has 0 aromatic carbocycles. The summed E-state index contributed by atoms with van der Waals surface area (Å²) in [5.74, 6) is -0.898. The Morgan fingerprint density at radius 1 is 0.593 bits per heavy atom. The quantitative estimate of drug-likeness (QED) is 0.0201. The second-order valence-electron chi connectivity index (χ2n) is 15.0. The molecule has 0 heterocycles. The summed E-state index contributed by atoms with van der Waals surface area (Å²) in [6, 6.07) is 0. The van der Waals surface area contributed by atoms with Crippen molar-refractivity contribution in [1.29, 1.82) is 0 Å². The maximum atomic E-state index is 12.6. The minimum atomic E-state index is -4.64. The SMILES string of the molecule is CC/C=C\C/C=C\C/C=C\C/C=C\CCCCC(=O)O[C@H](COC(=O)CCCCCCC/C=C\CCCCCCCC)COP(=O)([O-])OCC[N+](C)(C)C. The molecule has 54 heavy (non-hydrogen) atoms. The summed E-state index contributed by atoms with van der Waals surface area (Å²) in [6.45, 7) is 4.03. The van der Waals surface area contributed by atoms with Crippen LogP contribution in [0.1, 0.15) is 155 Å². The van der Waals surface area contributed by atoms with Crippen molar-refractivity contribution >= 4 is 19.8 Å². The summed E-state index contributed by atoms with van der Waals surface area (Å²) in [6.07, 6.45) is 42.5. The molecule has 0 saturated heterocycles. The Morgan fingerprint density at radius 2 is 1.06 bits per heavy atom. The average molecular weight is 780 g/mol. The summed E-state index contributed by atoms with van der Waals surface area (Å²) in [5.41, 5.74) is 0. The van der Waals surface area contributed by atoms with Gasteiger partial charge in [0, 0.05) is 12.8 Å². The molecule has 0 aliphatic carbocycles. The number of ether oxygens (including phenoxy) is 2. The molecule has 312 valence electrons. The van der Waals surface area contributed by atoms with E-state index >= 15 is 0 Å². The number of hydrogen-bond acceptors (Lipinski definition) is 8. The highest BCUT2D eigenvalue weighted by atomic mass is 31.2. The number of carbonyl (C=O) groups excluding carboxylic acids is 2. The molecule has 1 unspecified atom stereocenters. The molecule has 10 heteroatoms. The molecule has 0 rings (SSSR count). The van der Waals surface area contributed by atoms with Gasteiger partial charge in [-0.3, -0.25) is 14.2 Å². The first-order valence-corrected chi connectivity index (χ1v) is 22.5. The van der Waals surface area contributed by atoms with Crippen molar-refractivity contribution < 1.29 is 42.1 Å². The standard InChI is InChI=1S/C44H78NO8P/c1-6-8-10-12-14-16-18-20-22-24-26-28-30-32-34-36-43(46)50-40-42(41-52-54(48,49)51-39-38-45(3,4)5)53-44(47)37-35-33-31-29-27-25-23-21-19-17-15-13-11-9-7-2/h9,11,15,17,20-23,27,29,42H,6-8,10,12-14,16,18-19,24-26,28,30-41H2,1-5H3/b11-9-,17-15-,22-20-,23-21-,29-27-/t42-/m1/s1. The third kappa shape index (κ3) is 39.4. The van der Waals surface area contributed by atoms with Gasteiger partial charge in [0.25, 0.3) is 7.82 Å². The summed E-state index contributed by atoms with van der Waals surface area (Å²) in [5, 5.41) is 0. The van der Waals surface area contributed by atoms with Gasteiger partial charge in [-0.25, -0.2) is 0 Å². The van der Waals surface area contributed by atoms with Gasteiger partial charge in [0.05, 0.1) is 27.7 Å². The highest BCUT2D eigenvalue weighted by Crippen LogP contribution is 2.38. The number of phosphoric ester groups is 1. The molecule has 0 N–H and O–H groups in total. The van der Waals surface area contributed by atoms with E-state index in [-0.39, 0.29) is 26.1 Å². The monoisotopic (exact) mass is 780 g/mol. The van der Waals surface area contributed by atoms with E-state index in [0.717, 1.165) is 70.6 Å². The van der Waals surface area contributed by atoms with Crippen LogP contribution in [-0.4, -0.2) is 70.0 Å². The van der Waals surface area contributed by atoms with E-state index in [0.29, 0.717) is 23.9 Å². The van der Waals surface area contributed by atoms with Crippen molar-refractivity contribution in [2.45, 2.75) is 161 Å². The zero-order chi connectivity index (χ0) is 40.0. The Kier molecular flexibility index (Phi) is 34.8. The molecule has 0 aliphatic heterocycles. The molecular weight excluding hydrogens is 701 g/mol. The number of phosphoric acid groups is 1. The first-order chi connectivity index (χ1) is 26.0. The number of nitrogens with zero attached hydrogens (tertiary/aromatic N) is 1. The average Bonchev–Trinajstić information content (AvgIpc) is 3.12. The minimum Gasteiger partial charge on any atom is -0.756 e. The van der Waals surface area contributed by atoms with E-state index in [2.05, 4.69) is 74.6 Å². The normalized spacial score (nSPS) is 14.3. The van der Waals surface area contributed by atoms with Crippen molar-refractivity contribution in [3.8, 4) is 0 Å². The van der Waals surface area contributed by atoms with Gasteiger partial charge in [-0.05, 0) is 77.0 Å². The van der Waals surface area contributed by atoms with Gasteiger partial charge >= 0.3 is 11.9 Å². The molecule has 0 aliphatic rings. The number of quaternary nitrogens is 1. The molecule has 2 atom stereocenters. The Bertz CT molecular complexity index is 1110. The zero-order valence-corrected chi connectivity index (χ0v) is 35.8. The van der Waals surface area contributed by atoms with Crippen molar-refractivity contribution in [2.75, 3.05) is 47.5 Å². The number of allylic oxidation sites excluding steroid dienone is 10. The van der Waals surface area contributed by atoms with E-state index in [9.17, 15) is 19.0 Å². The van der Waals surface area contributed by atoms with Gasteiger partial charge in [-0.15, -0.1) is 0 Å². The van der Waals surface area contributed by atoms with E-state index in [1.807, 2.05) is 21.1 Å². The Hall–Kier alpha value is -2.29. The zero-order valence-electron chi connectivity index (χ0n) is 34.9. The maximum Gasteiger partial charge on any atom is 0.306 e. The number of likely N-dealkylation sites (N-methyl/N-ethyl adjacent to an activating group) is 1.